The number of nitrogens with zero attached hydrogens (tertiary/aromatic N) is 2. The molecule has 1 fully saturated rings. The Morgan fingerprint density at radius 3 is 2.52 bits per heavy atom. The molecule has 0 saturated carbocycles. The Bertz CT molecular complexity index is 471. The monoisotopic (exact) mass is 433 g/mol. The third kappa shape index (κ3) is 7.39. The van der Waals surface area contributed by atoms with E-state index in [-0.39, 0.29) is 24.0 Å². The lowest BCUT2D eigenvalue weighted by molar-refractivity contribution is 0.0674. The van der Waals surface area contributed by atoms with Gasteiger partial charge < -0.3 is 20.1 Å². The van der Waals surface area contributed by atoms with E-state index in [1.54, 1.807) is 0 Å². The van der Waals surface area contributed by atoms with Gasteiger partial charge in [-0.3, -0.25) is 4.99 Å². The Balaban J connectivity index is 0.00000264. The van der Waals surface area contributed by atoms with E-state index in [0.29, 0.717) is 18.4 Å². The molecule has 23 heavy (non-hydrogen) atoms. The number of benzene rings is 1. The number of nitrogens with two attached hydrogens (primary N) is 1. The summed E-state index contributed by atoms with van der Waals surface area (Å²) in [5, 5.41) is 0. The maximum absolute atomic E-state index is 6.00. The van der Waals surface area contributed by atoms with Crippen molar-refractivity contribution in [2.24, 2.45) is 16.6 Å². The molecule has 130 valence electrons. The van der Waals surface area contributed by atoms with E-state index in [1.807, 2.05) is 12.1 Å². The minimum Gasteiger partial charge on any atom is -0.493 e. The van der Waals surface area contributed by atoms with Gasteiger partial charge in [0, 0.05) is 19.6 Å². The Labute approximate surface area is 156 Å². The van der Waals surface area contributed by atoms with E-state index in [4.69, 9.17) is 15.2 Å². The highest BCUT2D eigenvalue weighted by Crippen LogP contribution is 2.13. The predicted molar refractivity (Wildman–Crippen MR) is 105 cm³/mol. The Hall–Kier alpha value is -1.02. The van der Waals surface area contributed by atoms with E-state index in [2.05, 4.69) is 35.9 Å². The van der Waals surface area contributed by atoms with Gasteiger partial charge in [-0.1, -0.05) is 26.0 Å². The van der Waals surface area contributed by atoms with Gasteiger partial charge in [0.05, 0.1) is 19.8 Å². The fourth-order valence-electron chi connectivity index (χ4n) is 2.21. The average molecular weight is 433 g/mol. The summed E-state index contributed by atoms with van der Waals surface area (Å²) in [4.78, 5) is 6.53. The molecule has 0 aromatic heterocycles. The van der Waals surface area contributed by atoms with Crippen LogP contribution in [-0.4, -0.2) is 50.3 Å². The summed E-state index contributed by atoms with van der Waals surface area (Å²) in [5.41, 5.74) is 7.25. The minimum absolute atomic E-state index is 0. The van der Waals surface area contributed by atoms with Crippen molar-refractivity contribution in [2.45, 2.75) is 20.3 Å². The van der Waals surface area contributed by atoms with Crippen molar-refractivity contribution >= 4 is 29.9 Å². The second kappa shape index (κ2) is 10.7. The molecule has 1 aromatic carbocycles. The number of hydrogen-bond acceptors (Lipinski definition) is 3. The molecule has 0 spiro atoms. The summed E-state index contributed by atoms with van der Waals surface area (Å²) >= 11 is 0. The predicted octanol–water partition coefficient (Wildman–Crippen LogP) is 2.53. The number of guanidine groups is 1. The van der Waals surface area contributed by atoms with Crippen LogP contribution in [0, 0.1) is 5.92 Å². The zero-order valence-corrected chi connectivity index (χ0v) is 16.4. The summed E-state index contributed by atoms with van der Waals surface area (Å²) in [6.07, 6.45) is 0.884. The van der Waals surface area contributed by atoms with E-state index in [1.165, 1.54) is 5.56 Å². The second-order valence-electron chi connectivity index (χ2n) is 5.94. The Morgan fingerprint density at radius 2 is 1.91 bits per heavy atom. The number of aliphatic imine (C=N–C) groups is 1. The van der Waals surface area contributed by atoms with Gasteiger partial charge in [-0.2, -0.15) is 0 Å². The molecule has 1 aromatic rings. The molecule has 6 heteroatoms. The highest BCUT2D eigenvalue weighted by atomic mass is 127. The SMILES string of the molecule is CC(C)COc1ccc(CCN=C(N)N2CCOCC2)cc1.I. The molecule has 0 atom stereocenters. The first-order valence-electron chi connectivity index (χ1n) is 7.99. The lowest BCUT2D eigenvalue weighted by atomic mass is 10.1. The van der Waals surface area contributed by atoms with E-state index in [0.717, 1.165) is 45.1 Å². The molecular weight excluding hydrogens is 405 g/mol. The van der Waals surface area contributed by atoms with Gasteiger partial charge in [-0.05, 0) is 30.0 Å². The van der Waals surface area contributed by atoms with Gasteiger partial charge in [-0.15, -0.1) is 24.0 Å². The zero-order valence-electron chi connectivity index (χ0n) is 14.0. The molecule has 0 radical (unpaired) electrons. The van der Waals surface area contributed by atoms with Crippen molar-refractivity contribution in [3.63, 3.8) is 0 Å². The highest BCUT2D eigenvalue weighted by molar-refractivity contribution is 14.0. The van der Waals surface area contributed by atoms with Gasteiger partial charge in [0.2, 0.25) is 0 Å². The number of rotatable bonds is 6. The van der Waals surface area contributed by atoms with Crippen molar-refractivity contribution in [2.75, 3.05) is 39.5 Å². The standard InChI is InChI=1S/C17H27N3O2.HI/c1-14(2)13-22-16-5-3-15(4-6-16)7-8-19-17(18)20-9-11-21-12-10-20;/h3-6,14H,7-13H2,1-2H3,(H2,18,19);1H. The average Bonchev–Trinajstić information content (AvgIpc) is 2.55. The summed E-state index contributed by atoms with van der Waals surface area (Å²) < 4.78 is 11.0. The number of hydrogen-bond donors (Lipinski definition) is 1. The first-order chi connectivity index (χ1) is 10.6. The minimum atomic E-state index is 0. The molecular formula is C17H28IN3O2. The lowest BCUT2D eigenvalue weighted by Gasteiger charge is -2.27. The number of halogens is 1. The van der Waals surface area contributed by atoms with Crippen LogP contribution >= 0.6 is 24.0 Å². The van der Waals surface area contributed by atoms with E-state index < -0.39 is 0 Å². The van der Waals surface area contributed by atoms with Crippen LogP contribution in [0.15, 0.2) is 29.3 Å². The van der Waals surface area contributed by atoms with Crippen LogP contribution in [0.2, 0.25) is 0 Å². The normalized spacial score (nSPS) is 15.4. The van der Waals surface area contributed by atoms with Crippen molar-refractivity contribution in [3.8, 4) is 5.75 Å². The van der Waals surface area contributed by atoms with Gasteiger partial charge in [0.25, 0.3) is 0 Å². The second-order valence-corrected chi connectivity index (χ2v) is 5.94. The third-order valence-corrected chi connectivity index (χ3v) is 3.52. The maximum atomic E-state index is 6.00. The zero-order chi connectivity index (χ0) is 15.8. The Morgan fingerprint density at radius 1 is 1.26 bits per heavy atom. The maximum Gasteiger partial charge on any atom is 0.191 e. The van der Waals surface area contributed by atoms with Crippen molar-refractivity contribution in [1.82, 2.24) is 4.90 Å². The highest BCUT2D eigenvalue weighted by Gasteiger charge is 2.11. The summed E-state index contributed by atoms with van der Waals surface area (Å²) in [5.74, 6) is 2.09. The van der Waals surface area contributed by atoms with Crippen LogP contribution < -0.4 is 10.5 Å². The molecule has 1 aliphatic heterocycles. The Kier molecular flexibility index (Phi) is 9.31. The first-order valence-corrected chi connectivity index (χ1v) is 7.99. The quantitative estimate of drug-likeness (QED) is 0.426. The summed E-state index contributed by atoms with van der Waals surface area (Å²) in [6, 6.07) is 8.23. The molecule has 0 aliphatic carbocycles. The fraction of sp³-hybridized carbons (Fsp3) is 0.588. The smallest absolute Gasteiger partial charge is 0.191 e. The number of ether oxygens (including phenoxy) is 2. The van der Waals surface area contributed by atoms with Gasteiger partial charge in [0.1, 0.15) is 5.75 Å². The summed E-state index contributed by atoms with van der Waals surface area (Å²) in [6.45, 7) is 8.86. The largest absolute Gasteiger partial charge is 0.493 e. The molecule has 1 aliphatic rings. The van der Waals surface area contributed by atoms with Crippen molar-refractivity contribution in [1.29, 1.82) is 0 Å². The van der Waals surface area contributed by atoms with Crippen molar-refractivity contribution < 1.29 is 9.47 Å². The van der Waals surface area contributed by atoms with Crippen molar-refractivity contribution in [3.05, 3.63) is 29.8 Å². The van der Waals surface area contributed by atoms with Crippen LogP contribution in [0.3, 0.4) is 0 Å². The van der Waals surface area contributed by atoms with Crippen LogP contribution in [0.1, 0.15) is 19.4 Å². The van der Waals surface area contributed by atoms with Crippen LogP contribution in [0.25, 0.3) is 0 Å². The van der Waals surface area contributed by atoms with E-state index >= 15 is 0 Å². The summed E-state index contributed by atoms with van der Waals surface area (Å²) in [7, 11) is 0. The van der Waals surface area contributed by atoms with Crippen LogP contribution in [0.5, 0.6) is 5.75 Å². The van der Waals surface area contributed by atoms with Crippen LogP contribution in [-0.2, 0) is 11.2 Å². The fourth-order valence-corrected chi connectivity index (χ4v) is 2.21. The molecule has 2 N–H and O–H groups in total. The first kappa shape index (κ1) is 20.0. The van der Waals surface area contributed by atoms with Gasteiger partial charge in [0.15, 0.2) is 5.96 Å². The molecule has 1 heterocycles. The lowest BCUT2D eigenvalue weighted by Crippen LogP contribution is -2.44. The van der Waals surface area contributed by atoms with Gasteiger partial charge in [-0.25, -0.2) is 0 Å². The number of morpholine rings is 1. The molecule has 1 saturated heterocycles. The molecule has 0 amide bonds. The molecule has 5 nitrogen and oxygen atoms in total. The molecule has 0 bridgehead atoms. The molecule has 2 rings (SSSR count). The van der Waals surface area contributed by atoms with Crippen LogP contribution in [0.4, 0.5) is 0 Å². The van der Waals surface area contributed by atoms with Gasteiger partial charge >= 0.3 is 0 Å². The topological polar surface area (TPSA) is 60.1 Å². The van der Waals surface area contributed by atoms with E-state index in [9.17, 15) is 0 Å². The third-order valence-electron chi connectivity index (χ3n) is 3.52. The molecule has 0 unspecified atom stereocenters.